The van der Waals surface area contributed by atoms with Gasteiger partial charge in [0, 0.05) is 39.0 Å². The van der Waals surface area contributed by atoms with Gasteiger partial charge in [0.25, 0.3) is 5.91 Å². The van der Waals surface area contributed by atoms with Crippen LogP contribution < -0.4 is 16.4 Å². The molecule has 11 heteroatoms. The fraction of sp³-hybridized carbons (Fsp3) is 0.500. The molecule has 1 unspecified atom stereocenters. The summed E-state index contributed by atoms with van der Waals surface area (Å²) in [4.78, 5) is 25.3. The molecule has 3 heterocycles. The molecule has 0 aliphatic carbocycles. The van der Waals surface area contributed by atoms with Crippen LogP contribution in [0.5, 0.6) is 0 Å². The second-order valence-electron chi connectivity index (χ2n) is 5.73. The van der Waals surface area contributed by atoms with Crippen LogP contribution in [-0.4, -0.2) is 75.7 Å². The Morgan fingerprint density at radius 1 is 1.32 bits per heavy atom. The Labute approximate surface area is 151 Å². The summed E-state index contributed by atoms with van der Waals surface area (Å²) in [6.07, 6.45) is 1.51. The van der Waals surface area contributed by atoms with Gasteiger partial charge in [0.2, 0.25) is 5.16 Å². The summed E-state index contributed by atoms with van der Waals surface area (Å²) in [5.41, 5.74) is 11.8. The number of fused-ring (bicyclic) bond motifs is 1. The lowest BCUT2D eigenvalue weighted by Crippen LogP contribution is -2.47. The lowest BCUT2D eigenvalue weighted by Gasteiger charge is -2.35. The van der Waals surface area contributed by atoms with E-state index >= 15 is 0 Å². The number of nitrogens with two attached hydrogens (primary N) is 2. The Hall–Kier alpha value is -1.82. The van der Waals surface area contributed by atoms with Crippen molar-refractivity contribution in [3.8, 4) is 0 Å². The molecular formula is C14H20N6O3S2. The molecule has 0 radical (unpaired) electrons. The molecule has 0 spiro atoms. The van der Waals surface area contributed by atoms with Crippen LogP contribution in [0.15, 0.2) is 5.16 Å². The lowest BCUT2D eigenvalue weighted by atomic mass is 10.2. The highest BCUT2D eigenvalue weighted by Gasteiger charge is 2.26. The van der Waals surface area contributed by atoms with Gasteiger partial charge in [-0.05, 0) is 0 Å². The normalized spacial score (nSPS) is 17.1. The lowest BCUT2D eigenvalue weighted by molar-refractivity contribution is 0.100. The zero-order chi connectivity index (χ0) is 18.1. The van der Waals surface area contributed by atoms with Gasteiger partial charge in [-0.3, -0.25) is 13.9 Å². The van der Waals surface area contributed by atoms with Crippen molar-refractivity contribution in [2.24, 2.45) is 5.73 Å². The number of hydrogen-bond donors (Lipinski definition) is 3. The molecule has 25 heavy (non-hydrogen) atoms. The molecule has 1 aliphatic rings. The summed E-state index contributed by atoms with van der Waals surface area (Å²) in [6, 6.07) is 0. The van der Waals surface area contributed by atoms with Gasteiger partial charge < -0.3 is 21.5 Å². The maximum atomic E-state index is 11.9. The van der Waals surface area contributed by atoms with Crippen LogP contribution in [0, 0.1) is 0 Å². The number of piperazine rings is 1. The molecule has 5 N–H and O–H groups in total. The first-order chi connectivity index (χ1) is 11.9. The summed E-state index contributed by atoms with van der Waals surface area (Å²) in [6.45, 7) is 3.65. The van der Waals surface area contributed by atoms with E-state index in [1.807, 2.05) is 4.90 Å². The number of hydrogen-bond acceptors (Lipinski definition) is 9. The van der Waals surface area contributed by atoms with E-state index in [4.69, 9.17) is 16.6 Å². The number of carbonyl (C=O) groups is 1. The monoisotopic (exact) mass is 384 g/mol. The minimum Gasteiger partial charge on any atom is -0.397 e. The van der Waals surface area contributed by atoms with Gasteiger partial charge in [0.15, 0.2) is 0 Å². The van der Waals surface area contributed by atoms with Gasteiger partial charge in [-0.2, -0.15) is 0 Å². The highest BCUT2D eigenvalue weighted by molar-refractivity contribution is 7.84. The number of aliphatic hydroxyl groups is 1. The third-order valence-electron chi connectivity index (χ3n) is 4.12. The largest absolute Gasteiger partial charge is 0.397 e. The van der Waals surface area contributed by atoms with E-state index in [1.165, 1.54) is 6.26 Å². The van der Waals surface area contributed by atoms with E-state index < -0.39 is 16.7 Å². The van der Waals surface area contributed by atoms with Crippen molar-refractivity contribution in [3.63, 3.8) is 0 Å². The Balaban J connectivity index is 2.06. The predicted molar refractivity (Wildman–Crippen MR) is 98.4 cm³/mol. The number of rotatable bonds is 5. The average Bonchev–Trinajstić information content (AvgIpc) is 2.92. The average molecular weight is 384 g/mol. The summed E-state index contributed by atoms with van der Waals surface area (Å²) in [7, 11) is -1.36. The molecule has 3 rings (SSSR count). The molecule has 1 saturated heterocycles. The van der Waals surface area contributed by atoms with E-state index in [-0.39, 0.29) is 22.3 Å². The highest BCUT2D eigenvalue weighted by Crippen LogP contribution is 2.38. The second-order valence-corrected chi connectivity index (χ2v) is 8.00. The first kappa shape index (κ1) is 18.0. The molecule has 2 aromatic heterocycles. The quantitative estimate of drug-likeness (QED) is 0.571. The number of anilines is 2. The number of aliphatic hydroxyl groups excluding tert-OH is 1. The number of primary amides is 1. The molecule has 1 atom stereocenters. The minimum absolute atomic E-state index is 0.121. The summed E-state index contributed by atoms with van der Waals surface area (Å²) < 4.78 is 11.9. The number of carbonyl (C=O) groups excluding carboxylic acids is 1. The standard InChI is InChI=1S/C14H20N6O3S2/c1-25(23)14-17-12(20-4-2-19(3-5-20)6-7-21)8-9(15)10(11(16)22)24-13(8)18-14/h21H,2-7,15H2,1H3,(H2,16,22). The van der Waals surface area contributed by atoms with E-state index in [1.54, 1.807) is 0 Å². The SMILES string of the molecule is CS(=O)c1nc(N2CCN(CCO)CC2)c2c(N)c(C(N)=O)sc2n1. The van der Waals surface area contributed by atoms with Crippen molar-refractivity contribution in [3.05, 3.63) is 4.88 Å². The van der Waals surface area contributed by atoms with Crippen LogP contribution in [-0.2, 0) is 10.8 Å². The van der Waals surface area contributed by atoms with Crippen LogP contribution in [0.4, 0.5) is 11.5 Å². The third kappa shape index (κ3) is 3.45. The fourth-order valence-electron chi connectivity index (χ4n) is 2.85. The fourth-order valence-corrected chi connectivity index (χ4v) is 4.28. The second kappa shape index (κ2) is 7.20. The molecule has 136 valence electrons. The van der Waals surface area contributed by atoms with Crippen molar-refractivity contribution in [1.82, 2.24) is 14.9 Å². The van der Waals surface area contributed by atoms with Crippen LogP contribution in [0.1, 0.15) is 9.67 Å². The van der Waals surface area contributed by atoms with E-state index in [0.717, 1.165) is 24.4 Å². The van der Waals surface area contributed by atoms with Crippen LogP contribution >= 0.6 is 11.3 Å². The highest BCUT2D eigenvalue weighted by atomic mass is 32.2. The van der Waals surface area contributed by atoms with Gasteiger partial charge >= 0.3 is 0 Å². The van der Waals surface area contributed by atoms with Crippen LogP contribution in [0.25, 0.3) is 10.2 Å². The van der Waals surface area contributed by atoms with Gasteiger partial charge in [-0.1, -0.05) is 0 Å². The van der Waals surface area contributed by atoms with Crippen molar-refractivity contribution in [2.75, 3.05) is 56.2 Å². The van der Waals surface area contributed by atoms with Gasteiger partial charge in [0.05, 0.1) is 28.5 Å². The van der Waals surface area contributed by atoms with Crippen molar-refractivity contribution in [1.29, 1.82) is 0 Å². The number of amides is 1. The van der Waals surface area contributed by atoms with Crippen molar-refractivity contribution in [2.45, 2.75) is 5.16 Å². The van der Waals surface area contributed by atoms with Crippen LogP contribution in [0.3, 0.4) is 0 Å². The summed E-state index contributed by atoms with van der Waals surface area (Å²) in [5.74, 6) is -0.0292. The molecule has 1 fully saturated rings. The number of nitrogens with zero attached hydrogens (tertiary/aromatic N) is 4. The maximum Gasteiger partial charge on any atom is 0.260 e. The minimum atomic E-state index is -1.36. The molecule has 1 aliphatic heterocycles. The van der Waals surface area contributed by atoms with E-state index in [9.17, 15) is 9.00 Å². The first-order valence-corrected chi connectivity index (χ1v) is 10.1. The molecule has 1 amide bonds. The topological polar surface area (TPSA) is 139 Å². The smallest absolute Gasteiger partial charge is 0.260 e. The van der Waals surface area contributed by atoms with Gasteiger partial charge in [-0.25, -0.2) is 9.97 Å². The Bertz CT molecular complexity index is 832. The number of thiophene rings is 1. The molecule has 0 bridgehead atoms. The summed E-state index contributed by atoms with van der Waals surface area (Å²) >= 11 is 1.10. The zero-order valence-corrected chi connectivity index (χ0v) is 15.4. The number of nitrogen functional groups attached to an aromatic ring is 1. The van der Waals surface area contributed by atoms with E-state index in [2.05, 4.69) is 14.9 Å². The predicted octanol–water partition coefficient (Wildman–Crippen LogP) is -0.776. The first-order valence-electron chi connectivity index (χ1n) is 7.73. The molecule has 2 aromatic rings. The van der Waals surface area contributed by atoms with Crippen molar-refractivity contribution < 1.29 is 14.1 Å². The number of aromatic nitrogens is 2. The molecule has 9 nitrogen and oxygen atoms in total. The van der Waals surface area contributed by atoms with Crippen molar-refractivity contribution >= 4 is 49.8 Å². The van der Waals surface area contributed by atoms with E-state index in [0.29, 0.717) is 35.7 Å². The Morgan fingerprint density at radius 3 is 2.56 bits per heavy atom. The third-order valence-corrected chi connectivity index (χ3v) is 5.93. The maximum absolute atomic E-state index is 11.9. The molecule has 0 aromatic carbocycles. The molecule has 0 saturated carbocycles. The Kier molecular flexibility index (Phi) is 5.18. The number of β-amino-alcohol motifs (C(OH)–C–C–N with tert-alkyl or cyclic N) is 1. The molecular weight excluding hydrogens is 364 g/mol. The zero-order valence-electron chi connectivity index (χ0n) is 13.8. The van der Waals surface area contributed by atoms with Crippen LogP contribution in [0.2, 0.25) is 0 Å². The van der Waals surface area contributed by atoms with Gasteiger partial charge in [0.1, 0.15) is 15.5 Å². The summed E-state index contributed by atoms with van der Waals surface area (Å²) in [5, 5.41) is 9.86. The van der Waals surface area contributed by atoms with Gasteiger partial charge in [-0.15, -0.1) is 11.3 Å². The Morgan fingerprint density at radius 2 is 2.00 bits per heavy atom.